The van der Waals surface area contributed by atoms with Crippen LogP contribution in [0.3, 0.4) is 0 Å². The second-order valence-corrected chi connectivity index (χ2v) is 7.31. The molecule has 0 saturated carbocycles. The number of carbonyl (C=O) groups excluding carboxylic acids is 2. The van der Waals surface area contributed by atoms with Gasteiger partial charge in [-0.1, -0.05) is 24.8 Å². The second kappa shape index (κ2) is 7.56. The number of esters is 2. The molecule has 0 amide bonds. The molecule has 0 aliphatic rings. The van der Waals surface area contributed by atoms with E-state index in [1.165, 1.54) is 0 Å². The first-order valence-corrected chi connectivity index (χ1v) is 8.39. The maximum Gasteiger partial charge on any atom is 0.338 e. The molecule has 0 bridgehead atoms. The van der Waals surface area contributed by atoms with Gasteiger partial charge < -0.3 is 9.47 Å². The van der Waals surface area contributed by atoms with E-state index in [0.717, 1.165) is 16.7 Å². The molecule has 0 saturated heterocycles. The number of carbonyl (C=O) groups is 2. The van der Waals surface area contributed by atoms with Gasteiger partial charge in [0.1, 0.15) is 11.5 Å². The summed E-state index contributed by atoms with van der Waals surface area (Å²) in [7, 11) is 0. The topological polar surface area (TPSA) is 52.6 Å². The first kappa shape index (κ1) is 19.4. The summed E-state index contributed by atoms with van der Waals surface area (Å²) in [5.41, 5.74) is 2.76. The number of benzene rings is 2. The molecule has 2 rings (SSSR count). The summed E-state index contributed by atoms with van der Waals surface area (Å²) in [4.78, 5) is 23.6. The normalized spacial score (nSPS) is 11.0. The molecule has 136 valence electrons. The van der Waals surface area contributed by atoms with Crippen LogP contribution in [-0.4, -0.2) is 11.9 Å². The largest absolute Gasteiger partial charge is 0.426 e. The summed E-state index contributed by atoms with van der Waals surface area (Å²) >= 11 is 0. The molecule has 0 N–H and O–H groups in total. The maximum absolute atomic E-state index is 11.9. The summed E-state index contributed by atoms with van der Waals surface area (Å²) in [6.07, 6.45) is 0. The van der Waals surface area contributed by atoms with E-state index in [4.69, 9.17) is 9.47 Å². The van der Waals surface area contributed by atoms with Crippen LogP contribution in [0.1, 0.15) is 33.3 Å². The highest BCUT2D eigenvalue weighted by molar-refractivity contribution is 5.89. The maximum atomic E-state index is 11.9. The lowest BCUT2D eigenvalue weighted by atomic mass is 9.97. The summed E-state index contributed by atoms with van der Waals surface area (Å²) in [5.74, 6) is 0.278. The Morgan fingerprint density at radius 1 is 0.923 bits per heavy atom. The molecule has 0 spiro atoms. The van der Waals surface area contributed by atoms with Crippen LogP contribution in [0, 0.1) is 12.3 Å². The summed E-state index contributed by atoms with van der Waals surface area (Å²) in [6.45, 7) is 12.6. The number of hydrogen-bond donors (Lipinski definition) is 0. The van der Waals surface area contributed by atoms with Gasteiger partial charge in [0.05, 0.1) is 5.41 Å². The number of rotatable bonds is 4. The van der Waals surface area contributed by atoms with Crippen LogP contribution in [0.15, 0.2) is 54.6 Å². The third kappa shape index (κ3) is 4.82. The summed E-state index contributed by atoms with van der Waals surface area (Å²) in [6, 6.07) is 12.8. The van der Waals surface area contributed by atoms with Crippen molar-refractivity contribution in [3.63, 3.8) is 0 Å². The van der Waals surface area contributed by atoms with Crippen LogP contribution in [0.2, 0.25) is 0 Å². The number of aryl methyl sites for hydroxylation is 1. The molecule has 4 nitrogen and oxygen atoms in total. The Hall–Kier alpha value is -2.88. The van der Waals surface area contributed by atoms with Crippen LogP contribution >= 0.6 is 0 Å². The molecule has 0 atom stereocenters. The van der Waals surface area contributed by atoms with Gasteiger partial charge in [0.25, 0.3) is 0 Å². The fourth-order valence-corrected chi connectivity index (χ4v) is 2.18. The van der Waals surface area contributed by atoms with Gasteiger partial charge in [0.2, 0.25) is 0 Å². The van der Waals surface area contributed by atoms with Gasteiger partial charge in [-0.2, -0.15) is 0 Å². The Kier molecular flexibility index (Phi) is 5.66. The third-order valence-electron chi connectivity index (χ3n) is 3.75. The van der Waals surface area contributed by atoms with Crippen LogP contribution in [0.4, 0.5) is 0 Å². The highest BCUT2D eigenvalue weighted by Gasteiger charge is 2.23. The van der Waals surface area contributed by atoms with Gasteiger partial charge in [-0.25, -0.2) is 4.79 Å². The molecule has 0 unspecified atom stereocenters. The van der Waals surface area contributed by atoms with Crippen molar-refractivity contribution in [3.05, 3.63) is 60.2 Å². The van der Waals surface area contributed by atoms with Crippen molar-refractivity contribution in [2.75, 3.05) is 0 Å². The highest BCUT2D eigenvalue weighted by Crippen LogP contribution is 2.29. The molecule has 0 aliphatic carbocycles. The minimum absolute atomic E-state index is 0.273. The van der Waals surface area contributed by atoms with E-state index < -0.39 is 11.4 Å². The Labute approximate surface area is 154 Å². The average Bonchev–Trinajstić information content (AvgIpc) is 2.55. The number of hydrogen-bond acceptors (Lipinski definition) is 4. The first-order chi connectivity index (χ1) is 12.1. The first-order valence-electron chi connectivity index (χ1n) is 8.39. The predicted molar refractivity (Wildman–Crippen MR) is 102 cm³/mol. The van der Waals surface area contributed by atoms with Crippen LogP contribution in [0.5, 0.6) is 11.5 Å². The van der Waals surface area contributed by atoms with Crippen molar-refractivity contribution in [1.29, 1.82) is 0 Å². The average molecular weight is 352 g/mol. The quantitative estimate of drug-likeness (QED) is 0.437. The standard InChI is InChI=1S/C22H24O4/c1-14(2)20(23)25-18-11-12-19(15(3)13-18)16-7-9-17(10-8-16)26-21(24)22(4,5)6/h7-13H,1H2,2-6H3. The summed E-state index contributed by atoms with van der Waals surface area (Å²) < 4.78 is 10.6. The van der Waals surface area contributed by atoms with Crippen molar-refractivity contribution in [1.82, 2.24) is 0 Å². The molecule has 2 aromatic rings. The van der Waals surface area contributed by atoms with Crippen molar-refractivity contribution >= 4 is 11.9 Å². The molecule has 0 fully saturated rings. The van der Waals surface area contributed by atoms with Crippen molar-refractivity contribution in [3.8, 4) is 22.6 Å². The van der Waals surface area contributed by atoms with Crippen LogP contribution in [-0.2, 0) is 9.59 Å². The van der Waals surface area contributed by atoms with Crippen LogP contribution < -0.4 is 9.47 Å². The minimum atomic E-state index is -0.549. The predicted octanol–water partition coefficient (Wildman–Crippen LogP) is 5.10. The zero-order valence-corrected chi connectivity index (χ0v) is 15.9. The van der Waals surface area contributed by atoms with Gasteiger partial charge >= 0.3 is 11.9 Å². The Balaban J connectivity index is 2.17. The Morgan fingerprint density at radius 3 is 2.00 bits per heavy atom. The van der Waals surface area contributed by atoms with Crippen molar-refractivity contribution < 1.29 is 19.1 Å². The SMILES string of the molecule is C=C(C)C(=O)Oc1ccc(-c2ccc(OC(=O)C(C)(C)C)cc2)c(C)c1. The molecule has 0 radical (unpaired) electrons. The Bertz CT molecular complexity index is 839. The number of ether oxygens (including phenoxy) is 2. The minimum Gasteiger partial charge on any atom is -0.426 e. The van der Waals surface area contributed by atoms with E-state index in [-0.39, 0.29) is 5.97 Å². The van der Waals surface area contributed by atoms with Gasteiger partial charge in [-0.3, -0.25) is 4.79 Å². The molecular weight excluding hydrogens is 328 g/mol. The lowest BCUT2D eigenvalue weighted by Gasteiger charge is -2.16. The van der Waals surface area contributed by atoms with E-state index in [2.05, 4.69) is 6.58 Å². The Morgan fingerprint density at radius 2 is 1.50 bits per heavy atom. The van der Waals surface area contributed by atoms with Gasteiger partial charge in [-0.15, -0.1) is 0 Å². The van der Waals surface area contributed by atoms with Crippen LogP contribution in [0.25, 0.3) is 11.1 Å². The van der Waals surface area contributed by atoms with E-state index >= 15 is 0 Å². The molecule has 26 heavy (non-hydrogen) atoms. The van der Waals surface area contributed by atoms with E-state index in [0.29, 0.717) is 17.1 Å². The molecular formula is C22H24O4. The summed E-state index contributed by atoms with van der Waals surface area (Å²) in [5, 5.41) is 0. The van der Waals surface area contributed by atoms with Gasteiger partial charge in [0, 0.05) is 5.57 Å². The lowest BCUT2D eigenvalue weighted by Crippen LogP contribution is -2.25. The van der Waals surface area contributed by atoms with Crippen molar-refractivity contribution in [2.45, 2.75) is 34.6 Å². The molecule has 0 aliphatic heterocycles. The highest BCUT2D eigenvalue weighted by atomic mass is 16.5. The third-order valence-corrected chi connectivity index (χ3v) is 3.75. The van der Waals surface area contributed by atoms with E-state index in [1.807, 2.05) is 52.0 Å². The van der Waals surface area contributed by atoms with Gasteiger partial charge in [0.15, 0.2) is 0 Å². The van der Waals surface area contributed by atoms with Crippen molar-refractivity contribution in [2.24, 2.45) is 5.41 Å². The van der Waals surface area contributed by atoms with E-state index in [1.54, 1.807) is 25.1 Å². The molecule has 0 heterocycles. The molecule has 0 aromatic heterocycles. The zero-order valence-electron chi connectivity index (χ0n) is 15.9. The molecule has 4 heteroatoms. The lowest BCUT2D eigenvalue weighted by molar-refractivity contribution is -0.143. The zero-order chi connectivity index (χ0) is 19.5. The fourth-order valence-electron chi connectivity index (χ4n) is 2.18. The second-order valence-electron chi connectivity index (χ2n) is 7.31. The monoisotopic (exact) mass is 352 g/mol. The van der Waals surface area contributed by atoms with Gasteiger partial charge in [-0.05, 0) is 75.6 Å². The van der Waals surface area contributed by atoms with E-state index in [9.17, 15) is 9.59 Å². The fraction of sp³-hybridized carbons (Fsp3) is 0.273. The molecule has 2 aromatic carbocycles. The smallest absolute Gasteiger partial charge is 0.338 e.